The van der Waals surface area contributed by atoms with E-state index in [-0.39, 0.29) is 0 Å². The van der Waals surface area contributed by atoms with E-state index < -0.39 is 23.7 Å². The van der Waals surface area contributed by atoms with Crippen LogP contribution in [-0.2, 0) is 0 Å². The molecule has 12 heavy (non-hydrogen) atoms. The highest BCUT2D eigenvalue weighted by Gasteiger charge is 2.69. The van der Waals surface area contributed by atoms with Gasteiger partial charge in [-0.15, -0.1) is 0 Å². The summed E-state index contributed by atoms with van der Waals surface area (Å²) in [6.45, 7) is 0. The van der Waals surface area contributed by atoms with Gasteiger partial charge in [-0.1, -0.05) is 0 Å². The Kier molecular flexibility index (Phi) is 2.96. The minimum absolute atomic E-state index is 1.75. The van der Waals surface area contributed by atoms with E-state index in [1.165, 1.54) is 0 Å². The van der Waals surface area contributed by atoms with Crippen LogP contribution in [0.15, 0.2) is 0 Å². The van der Waals surface area contributed by atoms with Crippen molar-refractivity contribution >= 4 is 12.6 Å². The van der Waals surface area contributed by atoms with Crippen LogP contribution in [0.4, 0.5) is 26.3 Å². The lowest BCUT2D eigenvalue weighted by atomic mass is 10.1. The first kappa shape index (κ1) is 11.9. The first-order valence-electron chi connectivity index (χ1n) is 2.53. The second-order valence-electron chi connectivity index (χ2n) is 2.01. The molecular weight excluding hydrogens is 210 g/mol. The predicted octanol–water partition coefficient (Wildman–Crippen LogP) is 1.77. The molecule has 0 aliphatic carbocycles. The van der Waals surface area contributed by atoms with Crippen molar-refractivity contribution in [1.29, 1.82) is 0 Å². The van der Waals surface area contributed by atoms with Gasteiger partial charge in [-0.3, -0.25) is 0 Å². The van der Waals surface area contributed by atoms with Crippen LogP contribution in [0.2, 0.25) is 0 Å². The molecule has 0 unspecified atom stereocenters. The van der Waals surface area contributed by atoms with E-state index in [4.69, 9.17) is 5.11 Å². The fraction of sp³-hybridized carbons (Fsp3) is 1.00. The molecule has 0 aromatic heterocycles. The number of hydrogen-bond donors (Lipinski definition) is 2. The summed E-state index contributed by atoms with van der Waals surface area (Å²) < 4.78 is 69.5. The van der Waals surface area contributed by atoms with Crippen molar-refractivity contribution in [2.24, 2.45) is 0 Å². The van der Waals surface area contributed by atoms with Gasteiger partial charge in [0.1, 0.15) is 0 Å². The van der Waals surface area contributed by atoms with Gasteiger partial charge < -0.3 is 5.11 Å². The highest BCUT2D eigenvalue weighted by atomic mass is 32.1. The molecule has 0 aromatic carbocycles. The van der Waals surface area contributed by atoms with Crippen LogP contribution in [0.25, 0.3) is 0 Å². The molecule has 0 bridgehead atoms. The van der Waals surface area contributed by atoms with E-state index in [1.807, 2.05) is 0 Å². The molecular formula is C4H4F6OS. The average Bonchev–Trinajstić information content (AvgIpc) is 1.81. The topological polar surface area (TPSA) is 20.2 Å². The van der Waals surface area contributed by atoms with Crippen LogP contribution in [0.5, 0.6) is 0 Å². The molecule has 1 N–H and O–H groups in total. The fourth-order valence-electron chi connectivity index (χ4n) is 0.340. The lowest BCUT2D eigenvalue weighted by Gasteiger charge is -2.30. The van der Waals surface area contributed by atoms with Crippen molar-refractivity contribution in [2.75, 3.05) is 5.75 Å². The monoisotopic (exact) mass is 214 g/mol. The van der Waals surface area contributed by atoms with Gasteiger partial charge in [0, 0.05) is 5.75 Å². The molecule has 0 spiro atoms. The largest absolute Gasteiger partial charge is 0.427 e. The van der Waals surface area contributed by atoms with Crippen molar-refractivity contribution < 1.29 is 31.4 Å². The molecule has 1 nitrogen and oxygen atoms in total. The normalized spacial score (nSPS) is 15.0. The summed E-state index contributed by atoms with van der Waals surface area (Å²) in [6.07, 6.45) is -11.5. The molecule has 0 saturated heterocycles. The van der Waals surface area contributed by atoms with Crippen LogP contribution in [0.1, 0.15) is 0 Å². The number of rotatable bonds is 1. The third-order valence-electron chi connectivity index (χ3n) is 1.17. The summed E-state index contributed by atoms with van der Waals surface area (Å²) in [5.74, 6) is -1.75. The maximum Gasteiger partial charge on any atom is 0.427 e. The number of aliphatic hydroxyl groups is 1. The fourth-order valence-corrected chi connectivity index (χ4v) is 0.699. The molecule has 0 atom stereocenters. The molecule has 74 valence electrons. The minimum Gasteiger partial charge on any atom is -0.373 e. The summed E-state index contributed by atoms with van der Waals surface area (Å²) in [5.41, 5.74) is -4.72. The predicted molar refractivity (Wildman–Crippen MR) is 30.9 cm³/mol. The number of thiol groups is 1. The Morgan fingerprint density at radius 1 is 0.917 bits per heavy atom. The van der Waals surface area contributed by atoms with Crippen molar-refractivity contribution in [3.63, 3.8) is 0 Å². The third-order valence-corrected chi connectivity index (χ3v) is 1.62. The molecule has 0 rings (SSSR count). The third kappa shape index (κ3) is 1.79. The Morgan fingerprint density at radius 3 is 1.17 bits per heavy atom. The first-order chi connectivity index (χ1) is 5.06. The van der Waals surface area contributed by atoms with E-state index in [9.17, 15) is 26.3 Å². The van der Waals surface area contributed by atoms with Gasteiger partial charge >= 0.3 is 12.4 Å². The van der Waals surface area contributed by atoms with Gasteiger partial charge in [0.25, 0.3) is 5.60 Å². The Labute approximate surface area is 68.8 Å². The molecule has 0 aromatic rings. The van der Waals surface area contributed by atoms with E-state index in [0.29, 0.717) is 0 Å². The molecule has 0 radical (unpaired) electrons. The average molecular weight is 214 g/mol. The van der Waals surface area contributed by atoms with Gasteiger partial charge in [0.2, 0.25) is 0 Å². The molecule has 0 aliphatic heterocycles. The van der Waals surface area contributed by atoms with Crippen molar-refractivity contribution in [2.45, 2.75) is 18.0 Å². The van der Waals surface area contributed by atoms with Gasteiger partial charge in [-0.2, -0.15) is 39.0 Å². The smallest absolute Gasteiger partial charge is 0.373 e. The Bertz CT molecular complexity index is 146. The highest BCUT2D eigenvalue weighted by Crippen LogP contribution is 2.43. The van der Waals surface area contributed by atoms with E-state index >= 15 is 0 Å². The zero-order valence-electron chi connectivity index (χ0n) is 5.37. The van der Waals surface area contributed by atoms with Crippen LogP contribution >= 0.6 is 12.6 Å². The molecule has 0 aliphatic rings. The Hall–Kier alpha value is -0.110. The van der Waals surface area contributed by atoms with Gasteiger partial charge in [0.15, 0.2) is 0 Å². The lowest BCUT2D eigenvalue weighted by molar-refractivity contribution is -0.358. The SMILES string of the molecule is OC(CS)(C(F)(F)F)C(F)(F)F. The maximum atomic E-state index is 11.6. The standard InChI is InChI=1S/C4H4F6OS/c5-3(6,7)2(11,1-12)4(8,9)10/h11-12H,1H2. The van der Waals surface area contributed by atoms with Crippen LogP contribution in [0, 0.1) is 0 Å². The molecule has 0 heterocycles. The summed E-state index contributed by atoms with van der Waals surface area (Å²) in [7, 11) is 0. The van der Waals surface area contributed by atoms with E-state index in [2.05, 4.69) is 12.6 Å². The van der Waals surface area contributed by atoms with Crippen molar-refractivity contribution in [3.05, 3.63) is 0 Å². The molecule has 8 heteroatoms. The summed E-state index contributed by atoms with van der Waals surface area (Å²) in [5, 5.41) is 8.17. The Balaban J connectivity index is 4.95. The number of hydrogen-bond acceptors (Lipinski definition) is 2. The summed E-state index contributed by atoms with van der Waals surface area (Å²) >= 11 is 2.80. The van der Waals surface area contributed by atoms with Gasteiger partial charge in [-0.25, -0.2) is 0 Å². The first-order valence-corrected chi connectivity index (χ1v) is 3.16. The van der Waals surface area contributed by atoms with Crippen molar-refractivity contribution in [3.8, 4) is 0 Å². The maximum absolute atomic E-state index is 11.6. The summed E-state index contributed by atoms with van der Waals surface area (Å²) in [4.78, 5) is 0. The van der Waals surface area contributed by atoms with Crippen LogP contribution < -0.4 is 0 Å². The zero-order valence-corrected chi connectivity index (χ0v) is 6.26. The molecule has 0 saturated carbocycles. The molecule has 0 fully saturated rings. The van der Waals surface area contributed by atoms with Crippen molar-refractivity contribution in [1.82, 2.24) is 0 Å². The van der Waals surface area contributed by atoms with Gasteiger partial charge in [0.05, 0.1) is 0 Å². The van der Waals surface area contributed by atoms with Crippen LogP contribution in [-0.4, -0.2) is 28.8 Å². The number of alkyl halides is 6. The van der Waals surface area contributed by atoms with E-state index in [0.717, 1.165) is 0 Å². The Morgan fingerprint density at radius 2 is 1.17 bits per heavy atom. The van der Waals surface area contributed by atoms with Crippen LogP contribution in [0.3, 0.4) is 0 Å². The summed E-state index contributed by atoms with van der Waals surface area (Å²) in [6, 6.07) is 0. The quantitative estimate of drug-likeness (QED) is 0.503. The second kappa shape index (κ2) is 2.99. The lowest BCUT2D eigenvalue weighted by Crippen LogP contribution is -2.58. The minimum atomic E-state index is -5.76. The van der Waals surface area contributed by atoms with Gasteiger partial charge in [-0.05, 0) is 0 Å². The zero-order chi connectivity index (χ0) is 10.2. The molecule has 0 amide bonds. The van der Waals surface area contributed by atoms with E-state index in [1.54, 1.807) is 0 Å². The number of halogens is 6. The second-order valence-corrected chi connectivity index (χ2v) is 2.33. The highest BCUT2D eigenvalue weighted by molar-refractivity contribution is 7.80.